The Morgan fingerprint density at radius 3 is 2.83 bits per heavy atom. The monoisotopic (exact) mass is 389 g/mol. The normalized spacial score (nSPS) is 19.6. The molecule has 0 aromatic carbocycles. The Labute approximate surface area is 170 Å². The highest BCUT2D eigenvalue weighted by Gasteiger charge is 2.40. The average molecular weight is 390 g/mol. The molecule has 7 heteroatoms. The van der Waals surface area contributed by atoms with Gasteiger partial charge in [-0.2, -0.15) is 5.10 Å². The zero-order chi connectivity index (χ0) is 20.5. The minimum absolute atomic E-state index is 0.318. The second-order valence-corrected chi connectivity index (χ2v) is 7.56. The third-order valence-corrected chi connectivity index (χ3v) is 5.42. The summed E-state index contributed by atoms with van der Waals surface area (Å²) in [5.74, 6) is 1.64. The number of aliphatic imine (C=N–C) groups is 1. The van der Waals surface area contributed by atoms with Gasteiger partial charge in [0.25, 0.3) is 0 Å². The standard InChI is InChI=1S/C22H27N7/c1-5-25-21-7-6-15(12-26-21)16-9-17(16)18(23)10-19(24-4)20-8-13(2)22-27-11-14(3)29(22)28-20/h6-8,10-12,16-17H,5,9,23H2,1-4H3,(H,25,26)/b18-10-,24-19?. The van der Waals surface area contributed by atoms with Crippen LogP contribution < -0.4 is 11.1 Å². The van der Waals surface area contributed by atoms with E-state index in [0.717, 1.165) is 52.8 Å². The lowest BCUT2D eigenvalue weighted by Gasteiger charge is -2.07. The Morgan fingerprint density at radius 1 is 1.31 bits per heavy atom. The fraction of sp³-hybridized carbons (Fsp3) is 0.364. The predicted octanol–water partition coefficient (Wildman–Crippen LogP) is 3.24. The summed E-state index contributed by atoms with van der Waals surface area (Å²) >= 11 is 0. The number of aryl methyl sites for hydroxylation is 2. The molecule has 0 bridgehead atoms. The molecule has 0 amide bonds. The Hall–Kier alpha value is -3.22. The van der Waals surface area contributed by atoms with Crippen LogP contribution >= 0.6 is 0 Å². The van der Waals surface area contributed by atoms with Crippen LogP contribution in [0.2, 0.25) is 0 Å². The number of nitrogens with two attached hydrogens (primary N) is 1. The zero-order valence-electron chi connectivity index (χ0n) is 17.3. The van der Waals surface area contributed by atoms with Crippen molar-refractivity contribution in [2.24, 2.45) is 16.6 Å². The molecule has 0 spiro atoms. The van der Waals surface area contributed by atoms with Crippen molar-refractivity contribution in [1.82, 2.24) is 19.6 Å². The molecule has 150 valence electrons. The maximum atomic E-state index is 6.46. The van der Waals surface area contributed by atoms with Crippen LogP contribution in [0.5, 0.6) is 0 Å². The number of nitrogens with zero attached hydrogens (tertiary/aromatic N) is 5. The number of aromatic nitrogens is 4. The van der Waals surface area contributed by atoms with E-state index in [0.29, 0.717) is 11.8 Å². The van der Waals surface area contributed by atoms with E-state index in [1.165, 1.54) is 5.56 Å². The molecule has 0 saturated heterocycles. The fourth-order valence-electron chi connectivity index (χ4n) is 3.72. The molecule has 2 atom stereocenters. The van der Waals surface area contributed by atoms with Crippen molar-refractivity contribution in [3.05, 3.63) is 64.9 Å². The first-order valence-electron chi connectivity index (χ1n) is 9.97. The molecule has 7 nitrogen and oxygen atoms in total. The first-order chi connectivity index (χ1) is 14.0. The number of imidazole rings is 1. The highest BCUT2D eigenvalue weighted by atomic mass is 15.3. The quantitative estimate of drug-likeness (QED) is 0.631. The van der Waals surface area contributed by atoms with Gasteiger partial charge in [0, 0.05) is 31.4 Å². The summed E-state index contributed by atoms with van der Waals surface area (Å²) in [5.41, 5.74) is 13.0. The second-order valence-electron chi connectivity index (χ2n) is 7.56. The van der Waals surface area contributed by atoms with Gasteiger partial charge in [-0.1, -0.05) is 6.07 Å². The van der Waals surface area contributed by atoms with Crippen molar-refractivity contribution >= 4 is 17.2 Å². The molecule has 29 heavy (non-hydrogen) atoms. The van der Waals surface area contributed by atoms with Crippen LogP contribution in [0, 0.1) is 19.8 Å². The minimum atomic E-state index is 0.318. The van der Waals surface area contributed by atoms with E-state index < -0.39 is 0 Å². The van der Waals surface area contributed by atoms with E-state index in [9.17, 15) is 0 Å². The molecule has 2 unspecified atom stereocenters. The van der Waals surface area contributed by atoms with Crippen molar-refractivity contribution in [3.63, 3.8) is 0 Å². The number of allylic oxidation sites excluding steroid dienone is 2. The van der Waals surface area contributed by atoms with Crippen LogP contribution in [0.3, 0.4) is 0 Å². The second kappa shape index (κ2) is 7.66. The molecule has 4 rings (SSSR count). The third kappa shape index (κ3) is 3.72. The summed E-state index contributed by atoms with van der Waals surface area (Å²) in [6, 6.07) is 6.18. The van der Waals surface area contributed by atoms with Gasteiger partial charge in [-0.05, 0) is 62.4 Å². The summed E-state index contributed by atoms with van der Waals surface area (Å²) in [7, 11) is 1.77. The predicted molar refractivity (Wildman–Crippen MR) is 116 cm³/mol. The maximum absolute atomic E-state index is 6.46. The molecular weight excluding hydrogens is 362 g/mol. The summed E-state index contributed by atoms with van der Waals surface area (Å²) in [6.45, 7) is 6.96. The molecule has 1 aliphatic carbocycles. The van der Waals surface area contributed by atoms with Crippen LogP contribution in [-0.4, -0.2) is 38.9 Å². The lowest BCUT2D eigenvalue weighted by atomic mass is 10.1. The molecular formula is C22H27N7. The van der Waals surface area contributed by atoms with Gasteiger partial charge >= 0.3 is 0 Å². The van der Waals surface area contributed by atoms with Crippen molar-refractivity contribution in [2.75, 3.05) is 18.9 Å². The van der Waals surface area contributed by atoms with E-state index in [2.05, 4.69) is 33.3 Å². The molecule has 3 heterocycles. The van der Waals surface area contributed by atoms with Crippen LogP contribution in [0.4, 0.5) is 5.82 Å². The van der Waals surface area contributed by atoms with E-state index >= 15 is 0 Å². The topological polar surface area (TPSA) is 93.5 Å². The smallest absolute Gasteiger partial charge is 0.156 e. The number of hydrogen-bond donors (Lipinski definition) is 2. The van der Waals surface area contributed by atoms with E-state index in [1.807, 2.05) is 49.0 Å². The Balaban J connectivity index is 1.54. The number of fused-ring (bicyclic) bond motifs is 1. The summed E-state index contributed by atoms with van der Waals surface area (Å²) < 4.78 is 1.86. The summed E-state index contributed by atoms with van der Waals surface area (Å²) in [4.78, 5) is 13.3. The van der Waals surface area contributed by atoms with Crippen LogP contribution in [0.25, 0.3) is 5.65 Å². The summed E-state index contributed by atoms with van der Waals surface area (Å²) in [5, 5.41) is 7.93. The van der Waals surface area contributed by atoms with Gasteiger partial charge in [-0.3, -0.25) is 4.99 Å². The molecule has 3 N–H and O–H groups in total. The molecule has 1 aliphatic rings. The van der Waals surface area contributed by atoms with Gasteiger partial charge in [0.05, 0.1) is 17.6 Å². The van der Waals surface area contributed by atoms with Crippen molar-refractivity contribution < 1.29 is 0 Å². The maximum Gasteiger partial charge on any atom is 0.156 e. The molecule has 1 fully saturated rings. The lowest BCUT2D eigenvalue weighted by molar-refractivity contribution is 0.883. The number of rotatable bonds is 6. The van der Waals surface area contributed by atoms with E-state index in [1.54, 1.807) is 7.05 Å². The van der Waals surface area contributed by atoms with Crippen molar-refractivity contribution in [2.45, 2.75) is 33.1 Å². The van der Waals surface area contributed by atoms with Crippen LogP contribution in [-0.2, 0) is 0 Å². The first-order valence-corrected chi connectivity index (χ1v) is 9.97. The molecule has 0 aliphatic heterocycles. The molecule has 3 aromatic rings. The van der Waals surface area contributed by atoms with Crippen LogP contribution in [0.15, 0.2) is 47.4 Å². The SMILES string of the molecule is CCNc1ccc(C2CC2/C(N)=C/C(=NC)c2cc(C)c3ncc(C)n3n2)cn1. The molecule has 1 saturated carbocycles. The largest absolute Gasteiger partial charge is 0.402 e. The Bertz CT molecular complexity index is 1090. The average Bonchev–Trinajstić information content (AvgIpc) is 3.44. The number of nitrogens with one attached hydrogen (secondary N) is 1. The third-order valence-electron chi connectivity index (χ3n) is 5.42. The molecule has 0 radical (unpaired) electrons. The van der Waals surface area contributed by atoms with Gasteiger partial charge in [0.1, 0.15) is 11.5 Å². The van der Waals surface area contributed by atoms with E-state index in [4.69, 9.17) is 10.8 Å². The van der Waals surface area contributed by atoms with Gasteiger partial charge in [0.15, 0.2) is 5.65 Å². The zero-order valence-corrected chi connectivity index (χ0v) is 17.3. The highest BCUT2D eigenvalue weighted by Crippen LogP contribution is 2.50. The van der Waals surface area contributed by atoms with Gasteiger partial charge in [-0.15, -0.1) is 0 Å². The van der Waals surface area contributed by atoms with E-state index in [-0.39, 0.29) is 0 Å². The fourth-order valence-corrected chi connectivity index (χ4v) is 3.72. The summed E-state index contributed by atoms with van der Waals surface area (Å²) in [6.07, 6.45) is 6.78. The van der Waals surface area contributed by atoms with Gasteiger partial charge in [0.2, 0.25) is 0 Å². The highest BCUT2D eigenvalue weighted by molar-refractivity contribution is 6.07. The number of pyridine rings is 1. The minimum Gasteiger partial charge on any atom is -0.402 e. The lowest BCUT2D eigenvalue weighted by Crippen LogP contribution is -2.11. The Morgan fingerprint density at radius 2 is 2.14 bits per heavy atom. The molecule has 3 aromatic heterocycles. The van der Waals surface area contributed by atoms with Crippen LogP contribution in [0.1, 0.15) is 41.8 Å². The van der Waals surface area contributed by atoms with Crippen molar-refractivity contribution in [1.29, 1.82) is 0 Å². The van der Waals surface area contributed by atoms with Crippen molar-refractivity contribution in [3.8, 4) is 0 Å². The van der Waals surface area contributed by atoms with Gasteiger partial charge in [-0.25, -0.2) is 14.5 Å². The number of hydrogen-bond acceptors (Lipinski definition) is 6. The Kier molecular flexibility index (Phi) is 5.05. The number of anilines is 1. The first kappa shape index (κ1) is 19.1. The van der Waals surface area contributed by atoms with Gasteiger partial charge < -0.3 is 11.1 Å².